The van der Waals surface area contributed by atoms with Gasteiger partial charge in [0.1, 0.15) is 0 Å². The molecule has 0 amide bonds. The first kappa shape index (κ1) is 14.2. The number of fused-ring (bicyclic) bond motifs is 1. The van der Waals surface area contributed by atoms with Crippen molar-refractivity contribution < 1.29 is 5.11 Å². The first-order valence-electron chi connectivity index (χ1n) is 7.40. The fraction of sp³-hybridized carbons (Fsp3) is 0.222. The third-order valence-electron chi connectivity index (χ3n) is 4.27. The molecule has 0 fully saturated rings. The molecule has 0 bridgehead atoms. The zero-order chi connectivity index (χ0) is 14.9. The Hall–Kier alpha value is -1.46. The van der Waals surface area contributed by atoms with E-state index < -0.39 is 0 Å². The van der Waals surface area contributed by atoms with Gasteiger partial charge in [-0.3, -0.25) is 0 Å². The molecule has 2 N–H and O–H groups in total. The number of thiophene rings is 2. The minimum absolute atomic E-state index is 0.105. The van der Waals surface area contributed by atoms with Crippen LogP contribution in [0, 0.1) is 0 Å². The standard InChI is InChI=1S/C18H17NOS2/c20-11-12-3-5-13(6-4-12)15-10-19-17(16-2-1-8-21-16)14-7-9-22-18(14)15/h1-9,15,17,19-20H,10-11H2. The van der Waals surface area contributed by atoms with Gasteiger partial charge < -0.3 is 10.4 Å². The minimum Gasteiger partial charge on any atom is -0.392 e. The molecule has 1 aliphatic rings. The molecular weight excluding hydrogens is 310 g/mol. The topological polar surface area (TPSA) is 32.3 Å². The van der Waals surface area contributed by atoms with Crippen molar-refractivity contribution in [2.24, 2.45) is 0 Å². The second-order valence-electron chi connectivity index (χ2n) is 5.55. The number of rotatable bonds is 3. The van der Waals surface area contributed by atoms with Gasteiger partial charge in [0.25, 0.3) is 0 Å². The van der Waals surface area contributed by atoms with Crippen LogP contribution >= 0.6 is 22.7 Å². The zero-order valence-electron chi connectivity index (χ0n) is 12.0. The summed E-state index contributed by atoms with van der Waals surface area (Å²) >= 11 is 3.67. The molecule has 0 radical (unpaired) electrons. The van der Waals surface area contributed by atoms with Gasteiger partial charge in [-0.2, -0.15) is 0 Å². The van der Waals surface area contributed by atoms with E-state index in [0.29, 0.717) is 12.0 Å². The number of hydrogen-bond donors (Lipinski definition) is 2. The molecule has 2 nitrogen and oxygen atoms in total. The van der Waals surface area contributed by atoms with Gasteiger partial charge in [-0.25, -0.2) is 0 Å². The van der Waals surface area contributed by atoms with Gasteiger partial charge in [0.2, 0.25) is 0 Å². The maximum Gasteiger partial charge on any atom is 0.0682 e. The Morgan fingerprint density at radius 3 is 2.64 bits per heavy atom. The highest BCUT2D eigenvalue weighted by Crippen LogP contribution is 2.41. The molecule has 0 saturated heterocycles. The number of aliphatic hydroxyl groups excluding tert-OH is 1. The van der Waals surface area contributed by atoms with E-state index >= 15 is 0 Å². The number of nitrogens with one attached hydrogen (secondary N) is 1. The summed E-state index contributed by atoms with van der Waals surface area (Å²) in [6.07, 6.45) is 0. The fourth-order valence-corrected chi connectivity index (χ4v) is 5.01. The molecule has 2 atom stereocenters. The molecule has 2 aromatic heterocycles. The number of aliphatic hydroxyl groups is 1. The molecule has 112 valence electrons. The van der Waals surface area contributed by atoms with E-state index in [9.17, 15) is 5.11 Å². The maximum atomic E-state index is 9.19. The maximum absolute atomic E-state index is 9.19. The van der Waals surface area contributed by atoms with Gasteiger partial charge in [0.05, 0.1) is 12.6 Å². The van der Waals surface area contributed by atoms with Crippen LogP contribution in [0.4, 0.5) is 0 Å². The van der Waals surface area contributed by atoms with Gasteiger partial charge >= 0.3 is 0 Å². The van der Waals surface area contributed by atoms with Gasteiger partial charge in [0, 0.05) is 22.2 Å². The average Bonchev–Trinajstić information content (AvgIpc) is 3.25. The van der Waals surface area contributed by atoms with Gasteiger partial charge in [0.15, 0.2) is 0 Å². The molecule has 0 spiro atoms. The third-order valence-corrected chi connectivity index (χ3v) is 6.26. The van der Waals surface area contributed by atoms with E-state index in [2.05, 4.69) is 46.4 Å². The van der Waals surface area contributed by atoms with Gasteiger partial charge in [-0.05, 0) is 39.6 Å². The van der Waals surface area contributed by atoms with Crippen LogP contribution < -0.4 is 5.32 Å². The highest BCUT2D eigenvalue weighted by atomic mass is 32.1. The SMILES string of the molecule is OCc1ccc(C2CNC(c3cccs3)c3ccsc32)cc1. The highest BCUT2D eigenvalue weighted by Gasteiger charge is 2.30. The number of benzene rings is 1. The zero-order valence-corrected chi connectivity index (χ0v) is 13.7. The fourth-order valence-electron chi connectivity index (χ4n) is 3.12. The van der Waals surface area contributed by atoms with E-state index in [1.54, 1.807) is 0 Å². The molecule has 22 heavy (non-hydrogen) atoms. The Labute approximate surface area is 138 Å². The smallest absolute Gasteiger partial charge is 0.0682 e. The third kappa shape index (κ3) is 2.42. The van der Waals surface area contributed by atoms with Crippen LogP contribution in [0.3, 0.4) is 0 Å². The molecule has 3 heterocycles. The predicted molar refractivity (Wildman–Crippen MR) is 92.7 cm³/mol. The summed E-state index contributed by atoms with van der Waals surface area (Å²) in [7, 11) is 0. The largest absolute Gasteiger partial charge is 0.392 e. The lowest BCUT2D eigenvalue weighted by Crippen LogP contribution is -2.32. The number of hydrogen-bond acceptors (Lipinski definition) is 4. The van der Waals surface area contributed by atoms with Crippen molar-refractivity contribution in [2.75, 3.05) is 6.54 Å². The normalized spacial score (nSPS) is 20.8. The molecule has 1 aromatic carbocycles. The first-order valence-corrected chi connectivity index (χ1v) is 9.16. The molecule has 3 aromatic rings. The summed E-state index contributed by atoms with van der Waals surface area (Å²) in [5.74, 6) is 0.402. The van der Waals surface area contributed by atoms with Crippen molar-refractivity contribution in [1.82, 2.24) is 5.32 Å². The Morgan fingerprint density at radius 1 is 1.05 bits per heavy atom. The second-order valence-corrected chi connectivity index (χ2v) is 7.48. The lowest BCUT2D eigenvalue weighted by molar-refractivity contribution is 0.282. The van der Waals surface area contributed by atoms with Crippen LogP contribution in [0.2, 0.25) is 0 Å². The predicted octanol–water partition coefficient (Wildman–Crippen LogP) is 4.13. The summed E-state index contributed by atoms with van der Waals surface area (Å²) in [6, 6.07) is 15.2. The van der Waals surface area contributed by atoms with Crippen molar-refractivity contribution in [1.29, 1.82) is 0 Å². The van der Waals surface area contributed by atoms with Crippen molar-refractivity contribution >= 4 is 22.7 Å². The summed E-state index contributed by atoms with van der Waals surface area (Å²) in [5.41, 5.74) is 3.70. The molecule has 0 aliphatic carbocycles. The van der Waals surface area contributed by atoms with Crippen molar-refractivity contribution in [3.63, 3.8) is 0 Å². The molecule has 4 heteroatoms. The average molecular weight is 327 g/mol. The van der Waals surface area contributed by atoms with E-state index in [1.807, 2.05) is 34.8 Å². The van der Waals surface area contributed by atoms with Crippen molar-refractivity contribution in [3.05, 3.63) is 79.7 Å². The molecular formula is C18H17NOS2. The van der Waals surface area contributed by atoms with Crippen molar-refractivity contribution in [2.45, 2.75) is 18.6 Å². The summed E-state index contributed by atoms with van der Waals surface area (Å²) < 4.78 is 0. The molecule has 4 rings (SSSR count). The molecule has 2 unspecified atom stereocenters. The molecule has 1 aliphatic heterocycles. The van der Waals surface area contributed by atoms with Gasteiger partial charge in [-0.15, -0.1) is 22.7 Å². The minimum atomic E-state index is 0.105. The van der Waals surface area contributed by atoms with Gasteiger partial charge in [-0.1, -0.05) is 30.3 Å². The highest BCUT2D eigenvalue weighted by molar-refractivity contribution is 7.10. The lowest BCUT2D eigenvalue weighted by atomic mass is 9.88. The Kier molecular flexibility index (Phi) is 3.84. The summed E-state index contributed by atoms with van der Waals surface area (Å²) in [4.78, 5) is 2.85. The lowest BCUT2D eigenvalue weighted by Gasteiger charge is -2.30. The van der Waals surface area contributed by atoms with Crippen LogP contribution in [0.15, 0.2) is 53.2 Å². The van der Waals surface area contributed by atoms with E-state index in [1.165, 1.54) is 20.9 Å². The van der Waals surface area contributed by atoms with Crippen molar-refractivity contribution in [3.8, 4) is 0 Å². The Bertz CT molecular complexity index is 746. The van der Waals surface area contributed by atoms with E-state index in [4.69, 9.17) is 0 Å². The second kappa shape index (κ2) is 5.97. The van der Waals surface area contributed by atoms with Crippen LogP contribution in [0.1, 0.15) is 38.4 Å². The summed E-state index contributed by atoms with van der Waals surface area (Å²) in [5, 5.41) is 17.2. The van der Waals surface area contributed by atoms with Crippen LogP contribution in [-0.2, 0) is 6.61 Å². The van der Waals surface area contributed by atoms with Crippen LogP contribution in [0.5, 0.6) is 0 Å². The summed E-state index contributed by atoms with van der Waals surface area (Å²) in [6.45, 7) is 1.06. The molecule has 0 saturated carbocycles. The van der Waals surface area contributed by atoms with Crippen LogP contribution in [-0.4, -0.2) is 11.7 Å². The monoisotopic (exact) mass is 327 g/mol. The van der Waals surface area contributed by atoms with Crippen LogP contribution in [0.25, 0.3) is 0 Å². The Balaban J connectivity index is 1.69. The quantitative estimate of drug-likeness (QED) is 0.758. The van der Waals surface area contributed by atoms with E-state index in [-0.39, 0.29) is 6.61 Å². The Morgan fingerprint density at radius 2 is 1.91 bits per heavy atom. The first-order chi connectivity index (χ1) is 10.9. The van der Waals surface area contributed by atoms with E-state index in [0.717, 1.165) is 12.1 Å².